The number of carbonyl (C=O) groups is 3. The molecule has 8 nitrogen and oxygen atoms in total. The van der Waals surface area contributed by atoms with Crippen LogP contribution in [0, 0.1) is 0 Å². The number of hydrogen-bond donors (Lipinski definition) is 0. The molecule has 0 spiro atoms. The molecule has 52 heavy (non-hydrogen) atoms. The average Bonchev–Trinajstić information content (AvgIpc) is 3.09. The van der Waals surface area contributed by atoms with Gasteiger partial charge in [0.2, 0.25) is 0 Å². The van der Waals surface area contributed by atoms with Crippen molar-refractivity contribution in [2.24, 2.45) is 0 Å². The van der Waals surface area contributed by atoms with Crippen LogP contribution in [-0.4, -0.2) is 75.5 Å². The second-order valence-corrected chi connectivity index (χ2v) is 14.1. The molecule has 296 valence electrons. The van der Waals surface area contributed by atoms with E-state index in [0.29, 0.717) is 12.8 Å². The molecule has 0 bridgehead atoms. The molecule has 0 heterocycles. The lowest BCUT2D eigenvalue weighted by molar-refractivity contribution is -0.889. The third-order valence-electron chi connectivity index (χ3n) is 8.33. The standard InChI is InChI=1S/C44H73NO7/c1-6-8-10-12-14-16-18-19-20-21-22-23-25-26-28-30-32-34-42(46)51-39-40(38-50-37-36-41(44(48)49)45(3,4)5)52-43(47)35-33-31-29-27-24-17-15-13-11-9-7-2/h9,11,15,17,19-20,22-23,26-29,40-41H,6-8,10,12-14,16,18,21,24-25,30-39H2,1-5H3/b11-9+,17-15+,20-19+,23-22+,28-26+,29-27+. The number of carboxylic acid groups (broad SMARTS) is 1. The fourth-order valence-electron chi connectivity index (χ4n) is 5.23. The number of unbranched alkanes of at least 4 members (excludes halogenated alkanes) is 8. The number of likely N-dealkylation sites (N-methyl/N-ethyl adjacent to an activating group) is 1. The topological polar surface area (TPSA) is 102 Å². The second-order valence-electron chi connectivity index (χ2n) is 14.1. The van der Waals surface area contributed by atoms with Crippen LogP contribution >= 0.6 is 0 Å². The van der Waals surface area contributed by atoms with E-state index in [0.717, 1.165) is 44.9 Å². The third-order valence-corrected chi connectivity index (χ3v) is 8.33. The maximum atomic E-state index is 12.6. The number of rotatable bonds is 34. The van der Waals surface area contributed by atoms with E-state index in [2.05, 4.69) is 86.8 Å². The van der Waals surface area contributed by atoms with Gasteiger partial charge >= 0.3 is 11.9 Å². The number of allylic oxidation sites excluding steroid dienone is 12. The van der Waals surface area contributed by atoms with Crippen molar-refractivity contribution in [2.45, 2.75) is 148 Å². The minimum Gasteiger partial charge on any atom is -0.544 e. The van der Waals surface area contributed by atoms with Gasteiger partial charge in [-0.15, -0.1) is 0 Å². The summed E-state index contributed by atoms with van der Waals surface area (Å²) in [5.74, 6) is -1.89. The molecule has 0 amide bonds. The first-order valence-corrected chi connectivity index (χ1v) is 20.0. The third kappa shape index (κ3) is 32.7. The first-order chi connectivity index (χ1) is 25.1. The van der Waals surface area contributed by atoms with E-state index >= 15 is 0 Å². The van der Waals surface area contributed by atoms with Gasteiger partial charge in [0.15, 0.2) is 6.10 Å². The maximum absolute atomic E-state index is 12.6. The Bertz CT molecular complexity index is 1080. The molecule has 0 saturated heterocycles. The van der Waals surface area contributed by atoms with Crippen LogP contribution in [0.4, 0.5) is 0 Å². The molecule has 8 heteroatoms. The van der Waals surface area contributed by atoms with E-state index in [1.54, 1.807) is 21.1 Å². The number of ether oxygens (including phenoxy) is 3. The minimum absolute atomic E-state index is 0.000778. The molecule has 0 fully saturated rings. The molecule has 2 unspecified atom stereocenters. The average molecular weight is 728 g/mol. The lowest BCUT2D eigenvalue weighted by atomic mass is 10.1. The number of hydrogen-bond acceptors (Lipinski definition) is 7. The van der Waals surface area contributed by atoms with Gasteiger partial charge in [-0.3, -0.25) is 9.59 Å². The van der Waals surface area contributed by atoms with Crippen LogP contribution in [0.5, 0.6) is 0 Å². The molecule has 0 aromatic rings. The largest absolute Gasteiger partial charge is 0.544 e. The van der Waals surface area contributed by atoms with Crippen LogP contribution in [0.1, 0.15) is 136 Å². The zero-order valence-corrected chi connectivity index (χ0v) is 33.4. The SMILES string of the molecule is CC/C=C/C/C=C/C/C=C/CCCC(=O)OC(COCCC(C(=O)[O-])[N+](C)(C)C)COC(=O)CCC/C=C/C/C=C/C/C=C/CCCCCCCC. The van der Waals surface area contributed by atoms with Crippen molar-refractivity contribution in [3.05, 3.63) is 72.9 Å². The van der Waals surface area contributed by atoms with Gasteiger partial charge in [0.1, 0.15) is 12.6 Å². The highest BCUT2D eigenvalue weighted by atomic mass is 16.6. The van der Waals surface area contributed by atoms with Crippen molar-refractivity contribution in [1.82, 2.24) is 0 Å². The van der Waals surface area contributed by atoms with Gasteiger partial charge in [-0.05, 0) is 70.6 Å². The Kier molecular flexibility index (Phi) is 32.7. The van der Waals surface area contributed by atoms with Crippen molar-refractivity contribution in [2.75, 3.05) is 41.0 Å². The molecule has 0 aromatic carbocycles. The summed E-state index contributed by atoms with van der Waals surface area (Å²) >= 11 is 0. The van der Waals surface area contributed by atoms with Crippen LogP contribution in [0.3, 0.4) is 0 Å². The fourth-order valence-corrected chi connectivity index (χ4v) is 5.23. The highest BCUT2D eigenvalue weighted by Gasteiger charge is 2.25. The van der Waals surface area contributed by atoms with Crippen molar-refractivity contribution >= 4 is 17.9 Å². The number of carbonyl (C=O) groups excluding carboxylic acids is 3. The Morgan fingerprint density at radius 1 is 0.596 bits per heavy atom. The normalized spacial score (nSPS) is 13.8. The van der Waals surface area contributed by atoms with E-state index in [1.807, 2.05) is 0 Å². The molecular formula is C44H73NO7. The summed E-state index contributed by atoms with van der Waals surface area (Å²) < 4.78 is 17.0. The molecule has 2 atom stereocenters. The molecule has 0 rings (SSSR count). The smallest absolute Gasteiger partial charge is 0.306 e. The number of esters is 2. The zero-order chi connectivity index (χ0) is 38.5. The van der Waals surface area contributed by atoms with Crippen molar-refractivity contribution in [1.29, 1.82) is 0 Å². The molecule has 0 aliphatic heterocycles. The Balaban J connectivity index is 4.53. The molecule has 0 N–H and O–H groups in total. The highest BCUT2D eigenvalue weighted by molar-refractivity contribution is 5.70. The van der Waals surface area contributed by atoms with Gasteiger partial charge in [0.05, 0.1) is 40.3 Å². The quantitative estimate of drug-likeness (QED) is 0.0282. The first kappa shape index (κ1) is 48.8. The van der Waals surface area contributed by atoms with Crippen LogP contribution in [0.2, 0.25) is 0 Å². The summed E-state index contributed by atoms with van der Waals surface area (Å²) in [7, 11) is 5.35. The second kappa shape index (κ2) is 34.8. The summed E-state index contributed by atoms with van der Waals surface area (Å²) in [5, 5.41) is 11.6. The number of quaternary nitrogens is 1. The number of carboxylic acids is 1. The van der Waals surface area contributed by atoms with Crippen molar-refractivity contribution in [3.8, 4) is 0 Å². The van der Waals surface area contributed by atoms with E-state index in [4.69, 9.17) is 14.2 Å². The monoisotopic (exact) mass is 728 g/mol. The van der Waals surface area contributed by atoms with E-state index in [-0.39, 0.29) is 55.5 Å². The van der Waals surface area contributed by atoms with Gasteiger partial charge < -0.3 is 28.6 Å². The highest BCUT2D eigenvalue weighted by Crippen LogP contribution is 2.10. The number of nitrogens with zero attached hydrogens (tertiary/aromatic N) is 1. The molecule has 0 aliphatic carbocycles. The maximum Gasteiger partial charge on any atom is 0.306 e. The summed E-state index contributed by atoms with van der Waals surface area (Å²) in [6, 6.07) is -0.743. The summed E-state index contributed by atoms with van der Waals surface area (Å²) in [5.41, 5.74) is 0. The van der Waals surface area contributed by atoms with Gasteiger partial charge in [0, 0.05) is 19.3 Å². The molecule has 0 aliphatic rings. The molecule has 0 radical (unpaired) electrons. The Labute approximate surface area is 317 Å². The zero-order valence-electron chi connectivity index (χ0n) is 33.4. The van der Waals surface area contributed by atoms with Crippen LogP contribution in [-0.2, 0) is 28.6 Å². The van der Waals surface area contributed by atoms with Crippen molar-refractivity contribution in [3.63, 3.8) is 0 Å². The molecule has 0 saturated carbocycles. The van der Waals surface area contributed by atoms with Gasteiger partial charge in [-0.2, -0.15) is 0 Å². The summed E-state index contributed by atoms with van der Waals surface area (Å²) in [4.78, 5) is 36.6. The number of aliphatic carboxylic acids is 1. The summed E-state index contributed by atoms with van der Waals surface area (Å²) in [6.07, 6.45) is 42.4. The van der Waals surface area contributed by atoms with Gasteiger partial charge in [-0.25, -0.2) is 0 Å². The lowest BCUT2D eigenvalue weighted by Crippen LogP contribution is -2.55. The van der Waals surface area contributed by atoms with Crippen LogP contribution < -0.4 is 5.11 Å². The predicted octanol–water partition coefficient (Wildman–Crippen LogP) is 9.07. The van der Waals surface area contributed by atoms with Crippen molar-refractivity contribution < 1.29 is 38.2 Å². The summed E-state index contributed by atoms with van der Waals surface area (Å²) in [6.45, 7) is 4.39. The fraction of sp³-hybridized carbons (Fsp3) is 0.659. The van der Waals surface area contributed by atoms with E-state index < -0.39 is 18.1 Å². The van der Waals surface area contributed by atoms with Crippen LogP contribution in [0.15, 0.2) is 72.9 Å². The molecular weight excluding hydrogens is 654 g/mol. The van der Waals surface area contributed by atoms with Gasteiger partial charge in [0.25, 0.3) is 0 Å². The molecule has 0 aromatic heterocycles. The van der Waals surface area contributed by atoms with E-state index in [1.165, 1.54) is 44.9 Å². The van der Waals surface area contributed by atoms with E-state index in [9.17, 15) is 19.5 Å². The predicted molar refractivity (Wildman–Crippen MR) is 212 cm³/mol. The minimum atomic E-state index is -1.14. The Morgan fingerprint density at radius 2 is 1.08 bits per heavy atom. The Hall–Kier alpha value is -3.23. The lowest BCUT2D eigenvalue weighted by Gasteiger charge is -2.34. The van der Waals surface area contributed by atoms with Crippen LogP contribution in [0.25, 0.3) is 0 Å². The Morgan fingerprint density at radius 3 is 1.60 bits per heavy atom. The first-order valence-electron chi connectivity index (χ1n) is 20.0. The van der Waals surface area contributed by atoms with Gasteiger partial charge in [-0.1, -0.05) is 119 Å².